The second kappa shape index (κ2) is 6.28. The van der Waals surface area contributed by atoms with Gasteiger partial charge in [0.1, 0.15) is 11.3 Å². The number of carbonyl (C=O) groups is 1. The van der Waals surface area contributed by atoms with Crippen molar-refractivity contribution in [3.05, 3.63) is 29.3 Å². The van der Waals surface area contributed by atoms with Crippen LogP contribution >= 0.6 is 0 Å². The van der Waals surface area contributed by atoms with E-state index < -0.39 is 5.97 Å². The van der Waals surface area contributed by atoms with Crippen molar-refractivity contribution in [3.63, 3.8) is 0 Å². The third-order valence-electron chi connectivity index (χ3n) is 2.39. The molecule has 0 saturated heterocycles. The molecule has 3 heteroatoms. The van der Waals surface area contributed by atoms with Crippen molar-refractivity contribution < 1.29 is 14.6 Å². The number of hydrogen-bond donors (Lipinski definition) is 1. The molecule has 1 aromatic rings. The quantitative estimate of drug-likeness (QED) is 0.823. The van der Waals surface area contributed by atoms with E-state index in [4.69, 9.17) is 9.84 Å². The molecule has 0 aliphatic heterocycles. The highest BCUT2D eigenvalue weighted by Gasteiger charge is 2.12. The van der Waals surface area contributed by atoms with Crippen molar-refractivity contribution in [2.24, 2.45) is 5.92 Å². The van der Waals surface area contributed by atoms with Crippen LogP contribution in [0.4, 0.5) is 0 Å². The molecule has 0 amide bonds. The summed E-state index contributed by atoms with van der Waals surface area (Å²) in [6.07, 6.45) is 1.98. The van der Waals surface area contributed by atoms with Crippen LogP contribution < -0.4 is 4.74 Å². The smallest absolute Gasteiger partial charge is 0.339 e. The highest BCUT2D eigenvalue weighted by molar-refractivity contribution is 5.91. The minimum Gasteiger partial charge on any atom is -0.492 e. The predicted octanol–water partition coefficient (Wildman–Crippen LogP) is 3.37. The first kappa shape index (κ1) is 13.6. The van der Waals surface area contributed by atoms with Crippen molar-refractivity contribution >= 4 is 5.97 Å². The summed E-state index contributed by atoms with van der Waals surface area (Å²) in [5, 5.41) is 9.07. The van der Waals surface area contributed by atoms with E-state index in [1.807, 2.05) is 26.0 Å². The lowest BCUT2D eigenvalue weighted by Gasteiger charge is -2.12. The summed E-state index contributed by atoms with van der Waals surface area (Å²) >= 11 is 0. The van der Waals surface area contributed by atoms with Crippen molar-refractivity contribution in [2.75, 3.05) is 6.61 Å². The lowest BCUT2D eigenvalue weighted by Crippen LogP contribution is -2.09. The minimum absolute atomic E-state index is 0.241. The SMILES string of the molecule is CCCc1ccc(C(=O)O)c(OCC(C)C)c1. The van der Waals surface area contributed by atoms with Crippen LogP contribution in [0.5, 0.6) is 5.75 Å². The van der Waals surface area contributed by atoms with E-state index in [-0.39, 0.29) is 5.56 Å². The van der Waals surface area contributed by atoms with Gasteiger partial charge >= 0.3 is 5.97 Å². The average Bonchev–Trinajstić information content (AvgIpc) is 2.26. The number of benzene rings is 1. The summed E-state index contributed by atoms with van der Waals surface area (Å²) in [4.78, 5) is 11.1. The molecule has 1 aromatic carbocycles. The molecule has 0 unspecified atom stereocenters. The van der Waals surface area contributed by atoms with Crippen molar-refractivity contribution in [1.29, 1.82) is 0 Å². The maximum absolute atomic E-state index is 11.1. The predicted molar refractivity (Wildman–Crippen MR) is 67.7 cm³/mol. The lowest BCUT2D eigenvalue weighted by atomic mass is 10.1. The summed E-state index contributed by atoms with van der Waals surface area (Å²) in [5.74, 6) is -0.0737. The normalized spacial score (nSPS) is 10.6. The second-order valence-corrected chi connectivity index (χ2v) is 4.59. The van der Waals surface area contributed by atoms with E-state index in [9.17, 15) is 4.79 Å². The topological polar surface area (TPSA) is 46.5 Å². The molecular formula is C14H20O3. The number of aryl methyl sites for hydroxylation is 1. The highest BCUT2D eigenvalue weighted by atomic mass is 16.5. The van der Waals surface area contributed by atoms with Crippen molar-refractivity contribution in [2.45, 2.75) is 33.6 Å². The van der Waals surface area contributed by atoms with Crippen LogP contribution in [-0.2, 0) is 6.42 Å². The molecule has 0 saturated carbocycles. The first-order valence-electron chi connectivity index (χ1n) is 6.03. The van der Waals surface area contributed by atoms with Gasteiger partial charge in [-0.05, 0) is 30.0 Å². The molecule has 0 heterocycles. The Bertz CT molecular complexity index is 383. The summed E-state index contributed by atoms with van der Waals surface area (Å²) in [7, 11) is 0. The van der Waals surface area contributed by atoms with Gasteiger partial charge in [0.05, 0.1) is 6.61 Å². The fourth-order valence-corrected chi connectivity index (χ4v) is 1.56. The van der Waals surface area contributed by atoms with Gasteiger partial charge in [-0.1, -0.05) is 33.3 Å². The van der Waals surface area contributed by atoms with Crippen LogP contribution in [-0.4, -0.2) is 17.7 Å². The zero-order chi connectivity index (χ0) is 12.8. The van der Waals surface area contributed by atoms with Crippen LogP contribution in [0, 0.1) is 5.92 Å². The Morgan fingerprint density at radius 1 is 1.41 bits per heavy atom. The van der Waals surface area contributed by atoms with E-state index in [0.717, 1.165) is 18.4 Å². The Hall–Kier alpha value is -1.51. The fourth-order valence-electron chi connectivity index (χ4n) is 1.56. The van der Waals surface area contributed by atoms with Gasteiger partial charge in [-0.25, -0.2) is 4.79 Å². The molecule has 0 atom stereocenters. The zero-order valence-electron chi connectivity index (χ0n) is 10.7. The largest absolute Gasteiger partial charge is 0.492 e. The number of aromatic carboxylic acids is 1. The number of ether oxygens (including phenoxy) is 1. The van der Waals surface area contributed by atoms with E-state index >= 15 is 0 Å². The van der Waals surface area contributed by atoms with Gasteiger partial charge < -0.3 is 9.84 Å². The molecule has 0 aromatic heterocycles. The van der Waals surface area contributed by atoms with E-state index in [2.05, 4.69) is 6.92 Å². The molecule has 0 bridgehead atoms. The molecular weight excluding hydrogens is 216 g/mol. The summed E-state index contributed by atoms with van der Waals surface area (Å²) < 4.78 is 5.57. The molecule has 0 fully saturated rings. The van der Waals surface area contributed by atoms with Gasteiger partial charge in [0.15, 0.2) is 0 Å². The van der Waals surface area contributed by atoms with Gasteiger partial charge in [-0.3, -0.25) is 0 Å². The third-order valence-corrected chi connectivity index (χ3v) is 2.39. The van der Waals surface area contributed by atoms with Gasteiger partial charge in [0, 0.05) is 0 Å². The maximum atomic E-state index is 11.1. The van der Waals surface area contributed by atoms with Gasteiger partial charge in [-0.15, -0.1) is 0 Å². The summed E-state index contributed by atoms with van der Waals surface area (Å²) in [6.45, 7) is 6.71. The molecule has 1 rings (SSSR count). The minimum atomic E-state index is -0.938. The first-order valence-corrected chi connectivity index (χ1v) is 6.03. The Labute approximate surface area is 102 Å². The molecule has 0 spiro atoms. The van der Waals surface area contributed by atoms with Gasteiger partial charge in [-0.2, -0.15) is 0 Å². The standard InChI is InChI=1S/C14H20O3/c1-4-5-11-6-7-12(14(15)16)13(8-11)17-9-10(2)3/h6-8,10H,4-5,9H2,1-3H3,(H,15,16). The summed E-state index contributed by atoms with van der Waals surface area (Å²) in [5.41, 5.74) is 1.36. The van der Waals surface area contributed by atoms with E-state index in [1.54, 1.807) is 6.07 Å². The van der Waals surface area contributed by atoms with E-state index in [0.29, 0.717) is 18.3 Å². The Morgan fingerprint density at radius 3 is 2.65 bits per heavy atom. The van der Waals surface area contributed by atoms with Gasteiger partial charge in [0.2, 0.25) is 0 Å². The lowest BCUT2D eigenvalue weighted by molar-refractivity contribution is 0.0691. The van der Waals surface area contributed by atoms with Crippen LogP contribution in [0.25, 0.3) is 0 Å². The second-order valence-electron chi connectivity index (χ2n) is 4.59. The number of carboxylic acid groups (broad SMARTS) is 1. The van der Waals surface area contributed by atoms with E-state index in [1.165, 1.54) is 0 Å². The molecule has 1 N–H and O–H groups in total. The monoisotopic (exact) mass is 236 g/mol. The number of rotatable bonds is 6. The summed E-state index contributed by atoms with van der Waals surface area (Å²) in [6, 6.07) is 5.33. The van der Waals surface area contributed by atoms with Crippen molar-refractivity contribution in [3.8, 4) is 5.75 Å². The first-order chi connectivity index (χ1) is 8.04. The molecule has 3 nitrogen and oxygen atoms in total. The fraction of sp³-hybridized carbons (Fsp3) is 0.500. The number of carboxylic acids is 1. The zero-order valence-corrected chi connectivity index (χ0v) is 10.7. The Kier molecular flexibility index (Phi) is 5.01. The molecule has 17 heavy (non-hydrogen) atoms. The van der Waals surface area contributed by atoms with Crippen LogP contribution in [0.15, 0.2) is 18.2 Å². The molecule has 0 aliphatic carbocycles. The highest BCUT2D eigenvalue weighted by Crippen LogP contribution is 2.22. The molecule has 0 aliphatic rings. The third kappa shape index (κ3) is 4.10. The van der Waals surface area contributed by atoms with Crippen LogP contribution in [0.3, 0.4) is 0 Å². The van der Waals surface area contributed by atoms with Gasteiger partial charge in [0.25, 0.3) is 0 Å². The molecule has 94 valence electrons. The Morgan fingerprint density at radius 2 is 2.12 bits per heavy atom. The molecule has 0 radical (unpaired) electrons. The van der Waals surface area contributed by atoms with Crippen molar-refractivity contribution in [1.82, 2.24) is 0 Å². The Balaban J connectivity index is 2.94. The van der Waals surface area contributed by atoms with Crippen LogP contribution in [0.1, 0.15) is 43.1 Å². The number of hydrogen-bond acceptors (Lipinski definition) is 2. The average molecular weight is 236 g/mol. The van der Waals surface area contributed by atoms with Crippen LogP contribution in [0.2, 0.25) is 0 Å². The maximum Gasteiger partial charge on any atom is 0.339 e.